The summed E-state index contributed by atoms with van der Waals surface area (Å²) in [6.45, 7) is 1.57. The first-order chi connectivity index (χ1) is 5.52. The molecule has 4 heteroatoms. The fourth-order valence-electron chi connectivity index (χ4n) is 0.933. The van der Waals surface area contributed by atoms with Crippen molar-refractivity contribution >= 4 is 15.9 Å². The Bertz CT molecular complexity index is 273. The van der Waals surface area contributed by atoms with Crippen molar-refractivity contribution in [3.63, 3.8) is 0 Å². The summed E-state index contributed by atoms with van der Waals surface area (Å²) in [6.07, 6.45) is 0. The van der Waals surface area contributed by atoms with Crippen LogP contribution in [0.2, 0.25) is 0 Å². The Kier molecular flexibility index (Phi) is 2.77. The molecule has 0 bridgehead atoms. The fourth-order valence-corrected chi connectivity index (χ4v) is 1.37. The molecule has 0 fully saturated rings. The fraction of sp³-hybridized carbons (Fsp3) is 0.250. The van der Waals surface area contributed by atoms with E-state index in [4.69, 9.17) is 0 Å². The van der Waals surface area contributed by atoms with Gasteiger partial charge in [-0.15, -0.1) is 0 Å². The summed E-state index contributed by atoms with van der Waals surface area (Å²) in [4.78, 5) is -0.460. The van der Waals surface area contributed by atoms with Gasteiger partial charge in [-0.2, -0.15) is 0 Å². The summed E-state index contributed by atoms with van der Waals surface area (Å²) in [5, 5.41) is 0. The highest BCUT2D eigenvalue weighted by molar-refractivity contribution is 9.09. The van der Waals surface area contributed by atoms with Crippen LogP contribution in [0.4, 0.5) is 13.2 Å². The summed E-state index contributed by atoms with van der Waals surface area (Å²) in [7, 11) is 0. The SMILES string of the molecule is C[C@@H](Br)c1c(F)cc(F)cc1F. The molecule has 0 saturated heterocycles. The van der Waals surface area contributed by atoms with Gasteiger partial charge in [-0.3, -0.25) is 0 Å². The molecule has 0 heterocycles. The van der Waals surface area contributed by atoms with E-state index in [1.165, 1.54) is 0 Å². The van der Waals surface area contributed by atoms with Crippen LogP contribution in [-0.2, 0) is 0 Å². The van der Waals surface area contributed by atoms with Gasteiger partial charge in [0.15, 0.2) is 0 Å². The van der Waals surface area contributed by atoms with Gasteiger partial charge in [0.05, 0.1) is 0 Å². The number of alkyl halides is 1. The molecule has 0 spiro atoms. The number of hydrogen-bond acceptors (Lipinski definition) is 0. The monoisotopic (exact) mass is 238 g/mol. The minimum Gasteiger partial charge on any atom is -0.207 e. The molecule has 1 atom stereocenters. The topological polar surface area (TPSA) is 0 Å². The molecular formula is C8H6BrF3. The minimum absolute atomic E-state index is 0.142. The zero-order valence-corrected chi connectivity index (χ0v) is 7.83. The van der Waals surface area contributed by atoms with Crippen LogP contribution in [0, 0.1) is 17.5 Å². The van der Waals surface area contributed by atoms with Crippen LogP contribution in [-0.4, -0.2) is 0 Å². The maximum absolute atomic E-state index is 12.9. The number of benzene rings is 1. The molecule has 1 rings (SSSR count). The molecule has 0 aliphatic heterocycles. The molecule has 0 N–H and O–H groups in total. The Hall–Kier alpha value is -0.510. The van der Waals surface area contributed by atoms with E-state index in [9.17, 15) is 13.2 Å². The molecule has 0 aliphatic carbocycles. The molecule has 0 radical (unpaired) electrons. The third-order valence-corrected chi connectivity index (χ3v) is 1.90. The normalized spacial score (nSPS) is 13.1. The van der Waals surface area contributed by atoms with Gasteiger partial charge >= 0.3 is 0 Å². The van der Waals surface area contributed by atoms with Crippen molar-refractivity contribution in [2.75, 3.05) is 0 Å². The first kappa shape index (κ1) is 9.58. The predicted molar refractivity (Wildman–Crippen MR) is 43.7 cm³/mol. The van der Waals surface area contributed by atoms with Crippen LogP contribution in [0.25, 0.3) is 0 Å². The van der Waals surface area contributed by atoms with Gasteiger partial charge < -0.3 is 0 Å². The molecule has 0 saturated carbocycles. The molecule has 0 aliphatic rings. The maximum Gasteiger partial charge on any atom is 0.133 e. The first-order valence-corrected chi connectivity index (χ1v) is 4.22. The Morgan fingerprint density at radius 1 is 1.17 bits per heavy atom. The Labute approximate surface area is 76.5 Å². The Balaban J connectivity index is 3.28. The van der Waals surface area contributed by atoms with Gasteiger partial charge in [0.2, 0.25) is 0 Å². The van der Waals surface area contributed by atoms with Gasteiger partial charge in [-0.25, -0.2) is 13.2 Å². The zero-order valence-electron chi connectivity index (χ0n) is 6.24. The summed E-state index contributed by atoms with van der Waals surface area (Å²) < 4.78 is 38.1. The lowest BCUT2D eigenvalue weighted by atomic mass is 10.1. The van der Waals surface area contributed by atoms with E-state index in [2.05, 4.69) is 15.9 Å². The van der Waals surface area contributed by atoms with Crippen molar-refractivity contribution in [2.45, 2.75) is 11.8 Å². The first-order valence-electron chi connectivity index (χ1n) is 3.31. The van der Waals surface area contributed by atoms with E-state index >= 15 is 0 Å². The van der Waals surface area contributed by atoms with Crippen LogP contribution in [0.1, 0.15) is 17.3 Å². The van der Waals surface area contributed by atoms with Crippen molar-refractivity contribution < 1.29 is 13.2 Å². The summed E-state index contributed by atoms with van der Waals surface area (Å²) >= 11 is 3.01. The highest BCUT2D eigenvalue weighted by Crippen LogP contribution is 2.27. The molecule has 1 aromatic rings. The summed E-state index contributed by atoms with van der Waals surface area (Å²) in [5.74, 6) is -2.63. The van der Waals surface area contributed by atoms with Crippen LogP contribution < -0.4 is 0 Å². The van der Waals surface area contributed by atoms with Gasteiger partial charge in [0.25, 0.3) is 0 Å². The van der Waals surface area contributed by atoms with Crippen LogP contribution in [0.15, 0.2) is 12.1 Å². The lowest BCUT2D eigenvalue weighted by Crippen LogP contribution is -1.97. The van der Waals surface area contributed by atoms with Crippen LogP contribution in [0.3, 0.4) is 0 Å². The summed E-state index contributed by atoms with van der Waals surface area (Å²) in [5.41, 5.74) is -0.142. The zero-order chi connectivity index (χ0) is 9.30. The molecule has 0 amide bonds. The van der Waals surface area contributed by atoms with Gasteiger partial charge in [0, 0.05) is 22.5 Å². The van der Waals surface area contributed by atoms with Crippen molar-refractivity contribution in [2.24, 2.45) is 0 Å². The van der Waals surface area contributed by atoms with E-state index in [0.717, 1.165) is 0 Å². The van der Waals surface area contributed by atoms with E-state index in [-0.39, 0.29) is 5.56 Å². The van der Waals surface area contributed by atoms with Gasteiger partial charge in [-0.05, 0) is 6.92 Å². The van der Waals surface area contributed by atoms with Crippen LogP contribution >= 0.6 is 15.9 Å². The van der Waals surface area contributed by atoms with E-state index < -0.39 is 22.3 Å². The van der Waals surface area contributed by atoms with Crippen molar-refractivity contribution in [1.82, 2.24) is 0 Å². The predicted octanol–water partition coefficient (Wildman–Crippen LogP) is 3.56. The van der Waals surface area contributed by atoms with Crippen LogP contribution in [0.5, 0.6) is 0 Å². The highest BCUT2D eigenvalue weighted by Gasteiger charge is 2.14. The second-order valence-corrected chi connectivity index (χ2v) is 3.77. The second-order valence-electron chi connectivity index (χ2n) is 2.40. The molecular weight excluding hydrogens is 233 g/mol. The summed E-state index contributed by atoms with van der Waals surface area (Å²) in [6, 6.07) is 1.33. The molecule has 0 unspecified atom stereocenters. The molecule has 66 valence electrons. The smallest absolute Gasteiger partial charge is 0.133 e. The minimum atomic E-state index is -0.901. The van der Waals surface area contributed by atoms with Crippen molar-refractivity contribution in [3.8, 4) is 0 Å². The van der Waals surface area contributed by atoms with E-state index in [1.54, 1.807) is 6.92 Å². The lowest BCUT2D eigenvalue weighted by Gasteiger charge is -2.06. The average molecular weight is 239 g/mol. The molecule has 0 nitrogen and oxygen atoms in total. The maximum atomic E-state index is 12.9. The third-order valence-electron chi connectivity index (χ3n) is 1.44. The average Bonchev–Trinajstić information content (AvgIpc) is 1.82. The Morgan fingerprint density at radius 2 is 1.58 bits per heavy atom. The number of hydrogen-bond donors (Lipinski definition) is 0. The quantitative estimate of drug-likeness (QED) is 0.657. The largest absolute Gasteiger partial charge is 0.207 e. The van der Waals surface area contributed by atoms with E-state index in [0.29, 0.717) is 12.1 Å². The number of rotatable bonds is 1. The van der Waals surface area contributed by atoms with E-state index in [1.807, 2.05) is 0 Å². The van der Waals surface area contributed by atoms with Gasteiger partial charge in [-0.1, -0.05) is 15.9 Å². The van der Waals surface area contributed by atoms with Crippen molar-refractivity contribution in [3.05, 3.63) is 35.1 Å². The molecule has 0 aromatic heterocycles. The highest BCUT2D eigenvalue weighted by atomic mass is 79.9. The lowest BCUT2D eigenvalue weighted by molar-refractivity contribution is 0.525. The van der Waals surface area contributed by atoms with Gasteiger partial charge in [0.1, 0.15) is 17.5 Å². The molecule has 12 heavy (non-hydrogen) atoms. The van der Waals surface area contributed by atoms with Crippen molar-refractivity contribution in [1.29, 1.82) is 0 Å². The standard InChI is InChI=1S/C8H6BrF3/c1-4(9)8-6(11)2-5(10)3-7(8)12/h2-4H,1H3/t4-/m1/s1. The number of halogens is 4. The molecule has 1 aromatic carbocycles. The second kappa shape index (κ2) is 3.47. The Morgan fingerprint density at radius 3 is 1.92 bits per heavy atom. The third kappa shape index (κ3) is 1.80.